The van der Waals surface area contributed by atoms with Gasteiger partial charge in [0.25, 0.3) is 5.88 Å². The molecule has 92 valence electrons. The average Bonchev–Trinajstić information content (AvgIpc) is 2.32. The number of hydrogen-bond donors (Lipinski definition) is 0. The molecule has 1 heterocycles. The second-order valence-corrected chi connectivity index (χ2v) is 4.84. The van der Waals surface area contributed by atoms with Crippen molar-refractivity contribution in [2.24, 2.45) is 0 Å². The van der Waals surface area contributed by atoms with Gasteiger partial charge in [0.2, 0.25) is 0 Å². The minimum absolute atomic E-state index is 0.0150. The predicted molar refractivity (Wildman–Crippen MR) is 74.9 cm³/mol. The van der Waals surface area contributed by atoms with E-state index in [1.54, 1.807) is 25.1 Å². The van der Waals surface area contributed by atoms with E-state index < -0.39 is 4.92 Å². The molecule has 0 aliphatic heterocycles. The van der Waals surface area contributed by atoms with Crippen molar-refractivity contribution in [3.8, 4) is 11.6 Å². The van der Waals surface area contributed by atoms with Gasteiger partial charge in [-0.2, -0.15) is 0 Å². The van der Waals surface area contributed by atoms with Crippen molar-refractivity contribution in [2.75, 3.05) is 0 Å². The summed E-state index contributed by atoms with van der Waals surface area (Å²) in [6.07, 6.45) is 1.49. The van der Waals surface area contributed by atoms with E-state index in [1.807, 2.05) is 12.1 Å². The van der Waals surface area contributed by atoms with Crippen molar-refractivity contribution in [1.29, 1.82) is 0 Å². The van der Waals surface area contributed by atoms with Gasteiger partial charge >= 0.3 is 5.69 Å². The largest absolute Gasteiger partial charge is 0.434 e. The lowest BCUT2D eigenvalue weighted by molar-refractivity contribution is -0.386. The normalized spacial score (nSPS) is 10.1. The van der Waals surface area contributed by atoms with Gasteiger partial charge in [0.15, 0.2) is 0 Å². The van der Waals surface area contributed by atoms with E-state index in [0.717, 1.165) is 3.57 Å². The Balaban J connectivity index is 2.37. The van der Waals surface area contributed by atoms with Crippen LogP contribution in [0.3, 0.4) is 0 Å². The van der Waals surface area contributed by atoms with Crippen molar-refractivity contribution >= 4 is 28.3 Å². The van der Waals surface area contributed by atoms with Gasteiger partial charge in [0.1, 0.15) is 5.75 Å². The summed E-state index contributed by atoms with van der Waals surface area (Å²) in [6.45, 7) is 1.65. The zero-order chi connectivity index (χ0) is 13.1. The highest BCUT2D eigenvalue weighted by atomic mass is 127. The summed E-state index contributed by atoms with van der Waals surface area (Å²) >= 11 is 2.17. The van der Waals surface area contributed by atoms with Crippen LogP contribution in [0.5, 0.6) is 11.6 Å². The molecule has 2 rings (SSSR count). The molecule has 5 nitrogen and oxygen atoms in total. The third-order valence-electron chi connectivity index (χ3n) is 2.30. The fourth-order valence-corrected chi connectivity index (χ4v) is 1.80. The maximum Gasteiger partial charge on any atom is 0.334 e. The molecule has 1 aromatic heterocycles. The monoisotopic (exact) mass is 356 g/mol. The first-order valence-corrected chi connectivity index (χ1v) is 6.19. The molecule has 0 radical (unpaired) electrons. The van der Waals surface area contributed by atoms with Crippen molar-refractivity contribution in [3.63, 3.8) is 0 Å². The summed E-state index contributed by atoms with van der Waals surface area (Å²) in [7, 11) is 0. The number of aryl methyl sites for hydroxylation is 1. The fraction of sp³-hybridized carbons (Fsp3) is 0.0833. The van der Waals surface area contributed by atoms with Crippen molar-refractivity contribution < 1.29 is 9.66 Å². The highest BCUT2D eigenvalue weighted by Gasteiger charge is 2.20. The Bertz CT molecular complexity index is 584. The van der Waals surface area contributed by atoms with Gasteiger partial charge in [-0.1, -0.05) is 0 Å². The lowest BCUT2D eigenvalue weighted by Crippen LogP contribution is -1.98. The zero-order valence-electron chi connectivity index (χ0n) is 9.46. The Morgan fingerprint density at radius 3 is 2.56 bits per heavy atom. The number of pyridine rings is 1. The number of rotatable bonds is 3. The molecule has 0 aliphatic carbocycles. The molecule has 0 atom stereocenters. The van der Waals surface area contributed by atoms with Crippen LogP contribution < -0.4 is 4.74 Å². The minimum Gasteiger partial charge on any atom is -0.434 e. The second-order valence-electron chi connectivity index (χ2n) is 3.59. The average molecular weight is 356 g/mol. The van der Waals surface area contributed by atoms with Gasteiger partial charge < -0.3 is 4.74 Å². The van der Waals surface area contributed by atoms with E-state index >= 15 is 0 Å². The lowest BCUT2D eigenvalue weighted by Gasteiger charge is -2.06. The summed E-state index contributed by atoms with van der Waals surface area (Å²) in [5.74, 6) is 0.540. The molecule has 0 N–H and O–H groups in total. The molecule has 6 heteroatoms. The van der Waals surface area contributed by atoms with Crippen LogP contribution >= 0.6 is 22.6 Å². The van der Waals surface area contributed by atoms with Crippen LogP contribution in [-0.4, -0.2) is 9.91 Å². The molecule has 0 fully saturated rings. The quantitative estimate of drug-likeness (QED) is 0.478. The van der Waals surface area contributed by atoms with Crippen LogP contribution in [0.25, 0.3) is 0 Å². The zero-order valence-corrected chi connectivity index (χ0v) is 11.6. The van der Waals surface area contributed by atoms with Crippen LogP contribution in [0.2, 0.25) is 0 Å². The van der Waals surface area contributed by atoms with Gasteiger partial charge in [0.05, 0.1) is 4.92 Å². The third kappa shape index (κ3) is 2.76. The van der Waals surface area contributed by atoms with Gasteiger partial charge in [-0.05, 0) is 59.8 Å². The van der Waals surface area contributed by atoms with E-state index in [2.05, 4.69) is 27.6 Å². The smallest absolute Gasteiger partial charge is 0.334 e. The van der Waals surface area contributed by atoms with E-state index in [-0.39, 0.29) is 11.6 Å². The second kappa shape index (κ2) is 5.30. The highest BCUT2D eigenvalue weighted by Crippen LogP contribution is 2.31. The Hall–Kier alpha value is -1.70. The summed E-state index contributed by atoms with van der Waals surface area (Å²) in [5, 5.41) is 11.0. The van der Waals surface area contributed by atoms with Gasteiger partial charge in [-0.15, -0.1) is 0 Å². The van der Waals surface area contributed by atoms with Crippen molar-refractivity contribution in [2.45, 2.75) is 6.92 Å². The first-order chi connectivity index (χ1) is 8.58. The third-order valence-corrected chi connectivity index (χ3v) is 3.02. The summed E-state index contributed by atoms with van der Waals surface area (Å²) < 4.78 is 6.51. The van der Waals surface area contributed by atoms with Crippen molar-refractivity contribution in [1.82, 2.24) is 4.98 Å². The molecule has 2 aromatic rings. The van der Waals surface area contributed by atoms with Gasteiger partial charge in [-0.25, -0.2) is 4.98 Å². The fourth-order valence-electron chi connectivity index (χ4n) is 1.44. The Labute approximate surface area is 117 Å². The number of nitrogens with zero attached hydrogens (tertiary/aromatic N) is 2. The molecule has 0 bridgehead atoms. The number of hydrogen-bond acceptors (Lipinski definition) is 4. The molecule has 0 amide bonds. The number of benzene rings is 1. The number of aromatic nitrogens is 1. The first kappa shape index (κ1) is 12.7. The number of nitro groups is 1. The summed E-state index contributed by atoms with van der Waals surface area (Å²) in [5.41, 5.74) is 0.423. The maximum atomic E-state index is 11.0. The molecule has 18 heavy (non-hydrogen) atoms. The standard InChI is InChI=1S/C12H9IN2O3/c1-8-6-7-14-12(11(8)15(16)17)18-10-4-2-9(13)3-5-10/h2-7H,1H3. The molecule has 0 spiro atoms. The molecule has 0 unspecified atom stereocenters. The molecular weight excluding hydrogens is 347 g/mol. The summed E-state index contributed by atoms with van der Waals surface area (Å²) in [4.78, 5) is 14.4. The topological polar surface area (TPSA) is 65.3 Å². The van der Waals surface area contributed by atoms with Gasteiger partial charge in [-0.3, -0.25) is 10.1 Å². The van der Waals surface area contributed by atoms with E-state index in [1.165, 1.54) is 6.20 Å². The Morgan fingerprint density at radius 1 is 1.28 bits per heavy atom. The van der Waals surface area contributed by atoms with Crippen LogP contribution in [-0.2, 0) is 0 Å². The van der Waals surface area contributed by atoms with Crippen LogP contribution in [0, 0.1) is 20.6 Å². The van der Waals surface area contributed by atoms with E-state index in [9.17, 15) is 10.1 Å². The SMILES string of the molecule is Cc1ccnc(Oc2ccc(I)cc2)c1[N+](=O)[O-]. The maximum absolute atomic E-state index is 11.0. The Kier molecular flexibility index (Phi) is 3.75. The summed E-state index contributed by atoms with van der Waals surface area (Å²) in [6, 6.07) is 8.79. The van der Waals surface area contributed by atoms with Crippen LogP contribution in [0.1, 0.15) is 5.56 Å². The van der Waals surface area contributed by atoms with Crippen LogP contribution in [0.4, 0.5) is 5.69 Å². The number of halogens is 1. The van der Waals surface area contributed by atoms with E-state index in [4.69, 9.17) is 4.74 Å². The number of ether oxygens (including phenoxy) is 1. The molecule has 0 saturated carbocycles. The van der Waals surface area contributed by atoms with Crippen LogP contribution in [0.15, 0.2) is 36.5 Å². The molecule has 0 saturated heterocycles. The van der Waals surface area contributed by atoms with Crippen molar-refractivity contribution in [3.05, 3.63) is 55.8 Å². The minimum atomic E-state index is -0.482. The molecule has 1 aromatic carbocycles. The first-order valence-electron chi connectivity index (χ1n) is 5.11. The molecular formula is C12H9IN2O3. The predicted octanol–water partition coefficient (Wildman–Crippen LogP) is 3.70. The van der Waals surface area contributed by atoms with Gasteiger partial charge in [0, 0.05) is 15.3 Å². The lowest BCUT2D eigenvalue weighted by atomic mass is 10.2. The highest BCUT2D eigenvalue weighted by molar-refractivity contribution is 14.1. The Morgan fingerprint density at radius 2 is 1.94 bits per heavy atom. The van der Waals surface area contributed by atoms with E-state index in [0.29, 0.717) is 11.3 Å². The molecule has 0 aliphatic rings.